The number of carbonyl (C=O) groups excluding carboxylic acids is 1. The van der Waals surface area contributed by atoms with Crippen LogP contribution >= 0.6 is 0 Å². The summed E-state index contributed by atoms with van der Waals surface area (Å²) in [7, 11) is 0. The maximum absolute atomic E-state index is 15.4. The highest BCUT2D eigenvalue weighted by atomic mass is 16.8. The van der Waals surface area contributed by atoms with E-state index in [0.29, 0.717) is 32.1 Å². The normalized spacial score (nSPS) is 56.1. The van der Waals surface area contributed by atoms with Crippen LogP contribution in [-0.2, 0) is 52.2 Å². The lowest BCUT2D eigenvalue weighted by Gasteiger charge is -2.72. The van der Waals surface area contributed by atoms with E-state index in [2.05, 4.69) is 40.7 Å². The molecule has 0 aromatic rings. The van der Waals surface area contributed by atoms with Crippen molar-refractivity contribution in [1.82, 2.24) is 0 Å². The van der Waals surface area contributed by atoms with Crippen LogP contribution in [0.25, 0.3) is 0 Å². The Morgan fingerprint density at radius 3 is 1.80 bits per heavy atom. The van der Waals surface area contributed by atoms with E-state index in [-0.39, 0.29) is 36.5 Å². The van der Waals surface area contributed by atoms with E-state index in [9.17, 15) is 81.7 Å². The monoisotopic (exact) mass is 1220 g/mol. The number of aliphatic hydroxyl groups is 16. The summed E-state index contributed by atoms with van der Waals surface area (Å²) in [6.07, 6.45) is -35.5. The number of carbonyl (C=O) groups is 1. The van der Waals surface area contributed by atoms with Gasteiger partial charge >= 0.3 is 5.97 Å². The number of allylic oxidation sites excluding steroid dienone is 2. The fourth-order valence-electron chi connectivity index (χ4n) is 17.6. The SMILES string of the molecule is C[C@@H]1O[C@@H](O[C@H]2[C@H](O)[C@H](O[C@@H]3[C@@H](O)[C@@H](O)[C@H](O[C@H]4[C@@H](OC(=O)[C@]56CCC(C)(C)C[C@H]5C5=CC[C@@H]7[C@@]8(C)C[C@H](O)[C@H](O[C@@H]9O[C@H](CO)[C@@H](O)[C@H](O)[C@H]9O)[C@@](C)(CO)[C@@H]8CC[C@@]7(C)[C@]5(C)C[C@H]6O)OC[C@@H](O)[C@@H]4O)O[C@H]3C)OC[C@@H]2O)[C@H](O)[C@H](O)[C@H]1O. The standard InChI is InChI=1S/C58H94O27/c1-22-33(65)36(68)39(71)48(78-22)82-44-28(63)20-76-47(42(44)74)81-43-23(2)79-49(41(73)38(43)70)83-45-34(66)27(62)19-77-51(45)85-52(75)58-14-13-53(3,4)15-25(58)24-9-10-31-54(5)16-26(61)46(84-50-40(72)37(69)35(67)29(18-59)80-50)55(6,21-60)30(54)11-12-56(31,7)57(24,8)17-32(58)64/h9,22-23,25-51,59-74H,10-21H2,1-8H3/t22-,23-,25-,26-,27+,28-,29+,30+,31+,32+,33-,34-,35+,36+,37-,38-,39+,40+,41+,42-,43-,44+,45+,46-,47-,48-,49-,50-,51+,54-,55-,56+,57+,58+/m0/s1. The molecular formula is C58H94O27. The van der Waals surface area contributed by atoms with Crippen molar-refractivity contribution in [3.63, 3.8) is 0 Å². The van der Waals surface area contributed by atoms with Crippen LogP contribution in [0.15, 0.2) is 11.6 Å². The van der Waals surface area contributed by atoms with E-state index in [1.165, 1.54) is 13.8 Å². The number of aliphatic hydroxyl groups excluding tert-OH is 16. The lowest BCUT2D eigenvalue weighted by Crippen LogP contribution is -2.70. The van der Waals surface area contributed by atoms with Crippen molar-refractivity contribution in [3.8, 4) is 0 Å². The molecule has 5 aliphatic heterocycles. The first-order valence-corrected chi connectivity index (χ1v) is 30.2. The molecule has 488 valence electrons. The molecule has 85 heavy (non-hydrogen) atoms. The number of esters is 1. The van der Waals surface area contributed by atoms with Crippen molar-refractivity contribution in [2.24, 2.45) is 50.2 Å². The summed E-state index contributed by atoms with van der Waals surface area (Å²) in [5.41, 5.74) is -3.98. The number of hydrogen-bond donors (Lipinski definition) is 16. The topological polar surface area (TPSA) is 433 Å². The molecule has 0 aromatic carbocycles. The van der Waals surface area contributed by atoms with E-state index in [0.717, 1.165) is 5.57 Å². The van der Waals surface area contributed by atoms with Gasteiger partial charge in [-0.2, -0.15) is 0 Å². The molecule has 27 heteroatoms. The molecule has 27 nitrogen and oxygen atoms in total. The summed E-state index contributed by atoms with van der Waals surface area (Å²) >= 11 is 0. The van der Waals surface area contributed by atoms with E-state index in [1.54, 1.807) is 0 Å². The molecule has 0 unspecified atom stereocenters. The Morgan fingerprint density at radius 2 is 1.14 bits per heavy atom. The van der Waals surface area contributed by atoms with Gasteiger partial charge in [0.15, 0.2) is 31.3 Å². The van der Waals surface area contributed by atoms with Crippen LogP contribution in [0.1, 0.15) is 107 Å². The Labute approximate surface area is 493 Å². The van der Waals surface area contributed by atoms with Crippen molar-refractivity contribution in [2.45, 2.75) is 266 Å². The minimum Gasteiger partial charge on any atom is -0.432 e. The zero-order valence-electron chi connectivity index (χ0n) is 49.5. The molecule has 0 bridgehead atoms. The largest absolute Gasteiger partial charge is 0.432 e. The van der Waals surface area contributed by atoms with E-state index in [4.69, 9.17) is 47.4 Å². The van der Waals surface area contributed by atoms with E-state index < -0.39 is 225 Å². The predicted molar refractivity (Wildman–Crippen MR) is 285 cm³/mol. The smallest absolute Gasteiger partial charge is 0.317 e. The molecule has 10 aliphatic rings. The maximum Gasteiger partial charge on any atom is 0.317 e. The van der Waals surface area contributed by atoms with Gasteiger partial charge in [0, 0.05) is 5.41 Å². The van der Waals surface area contributed by atoms with Crippen LogP contribution in [0.3, 0.4) is 0 Å². The Hall–Kier alpha value is -1.79. The van der Waals surface area contributed by atoms with Gasteiger partial charge in [0.2, 0.25) is 6.29 Å². The van der Waals surface area contributed by atoms with Crippen molar-refractivity contribution in [3.05, 3.63) is 11.6 Å². The molecule has 4 saturated carbocycles. The van der Waals surface area contributed by atoms with E-state index >= 15 is 4.79 Å². The van der Waals surface area contributed by atoms with Crippen molar-refractivity contribution in [2.75, 3.05) is 26.4 Å². The maximum atomic E-state index is 15.4. The van der Waals surface area contributed by atoms with Gasteiger partial charge in [-0.05, 0) is 105 Å². The third kappa shape index (κ3) is 10.8. The minimum atomic E-state index is -1.98. The quantitative estimate of drug-likeness (QED) is 0.0504. The average Bonchev–Trinajstić information content (AvgIpc) is 0.689. The van der Waals surface area contributed by atoms with Gasteiger partial charge in [-0.1, -0.05) is 53.2 Å². The summed E-state index contributed by atoms with van der Waals surface area (Å²) in [6.45, 7) is 13.2. The summed E-state index contributed by atoms with van der Waals surface area (Å²) in [6, 6.07) is 0. The minimum absolute atomic E-state index is 0.124. The lowest BCUT2D eigenvalue weighted by atomic mass is 9.33. The van der Waals surface area contributed by atoms with Gasteiger partial charge in [-0.25, -0.2) is 0 Å². The van der Waals surface area contributed by atoms with Gasteiger partial charge in [0.05, 0.1) is 56.9 Å². The Kier molecular flexibility index (Phi) is 18.7. The number of hydrogen-bond acceptors (Lipinski definition) is 27. The van der Waals surface area contributed by atoms with Crippen molar-refractivity contribution < 1.29 is 134 Å². The Balaban J connectivity index is 0.856. The molecule has 5 saturated heterocycles. The van der Waals surface area contributed by atoms with Gasteiger partial charge < -0.3 is 129 Å². The number of ether oxygens (including phenoxy) is 10. The summed E-state index contributed by atoms with van der Waals surface area (Å²) in [5.74, 6) is -1.84. The fourth-order valence-corrected chi connectivity index (χ4v) is 17.6. The van der Waals surface area contributed by atoms with Crippen LogP contribution in [-0.4, -0.2) is 274 Å². The number of rotatable bonds is 12. The first-order chi connectivity index (χ1) is 39.7. The second kappa shape index (κ2) is 24.0. The summed E-state index contributed by atoms with van der Waals surface area (Å²) < 4.78 is 59.0. The van der Waals surface area contributed by atoms with Gasteiger partial charge in [0.25, 0.3) is 0 Å². The molecule has 34 atom stereocenters. The fraction of sp³-hybridized carbons (Fsp3) is 0.948. The first-order valence-electron chi connectivity index (χ1n) is 30.2. The predicted octanol–water partition coefficient (Wildman–Crippen LogP) is -3.96. The molecular weight excluding hydrogens is 1130 g/mol. The van der Waals surface area contributed by atoms with Crippen LogP contribution < -0.4 is 0 Å². The van der Waals surface area contributed by atoms with E-state index in [1.807, 2.05) is 6.92 Å². The molecule has 16 N–H and O–H groups in total. The zero-order valence-corrected chi connectivity index (χ0v) is 49.5. The molecule has 0 spiro atoms. The summed E-state index contributed by atoms with van der Waals surface area (Å²) in [4.78, 5) is 15.4. The second-order valence-corrected chi connectivity index (χ2v) is 28.3. The number of fused-ring (bicyclic) bond motifs is 7. The molecule has 0 aromatic heterocycles. The van der Waals surface area contributed by atoms with Crippen molar-refractivity contribution in [1.29, 1.82) is 0 Å². The highest BCUT2D eigenvalue weighted by Crippen LogP contribution is 2.76. The van der Waals surface area contributed by atoms with Crippen LogP contribution in [0.2, 0.25) is 0 Å². The Bertz CT molecular complexity index is 2390. The first kappa shape index (κ1) is 66.1. The average molecular weight is 1220 g/mol. The molecule has 10 rings (SSSR count). The van der Waals surface area contributed by atoms with Crippen LogP contribution in [0.4, 0.5) is 0 Å². The van der Waals surface area contributed by atoms with Gasteiger partial charge in [-0.3, -0.25) is 4.79 Å². The highest BCUT2D eigenvalue weighted by Gasteiger charge is 2.73. The van der Waals surface area contributed by atoms with Crippen molar-refractivity contribution >= 4 is 5.97 Å². The summed E-state index contributed by atoms with van der Waals surface area (Å²) in [5, 5.41) is 177. The Morgan fingerprint density at radius 1 is 0.553 bits per heavy atom. The van der Waals surface area contributed by atoms with Crippen LogP contribution in [0, 0.1) is 50.2 Å². The molecule has 5 heterocycles. The third-order valence-electron chi connectivity index (χ3n) is 22.8. The highest BCUT2D eigenvalue weighted by molar-refractivity contribution is 5.80. The third-order valence-corrected chi connectivity index (χ3v) is 22.8. The molecule has 9 fully saturated rings. The molecule has 0 radical (unpaired) electrons. The second-order valence-electron chi connectivity index (χ2n) is 28.3. The van der Waals surface area contributed by atoms with Crippen LogP contribution in [0.5, 0.6) is 0 Å². The van der Waals surface area contributed by atoms with Gasteiger partial charge in [-0.15, -0.1) is 0 Å². The van der Waals surface area contributed by atoms with Gasteiger partial charge in [0.1, 0.15) is 97.0 Å². The molecule has 0 amide bonds. The molecule has 5 aliphatic carbocycles. The lowest BCUT2D eigenvalue weighted by molar-refractivity contribution is -0.377. The zero-order chi connectivity index (χ0) is 62.2.